The molecule has 3 heterocycles. The predicted octanol–water partition coefficient (Wildman–Crippen LogP) is 1.93. The Labute approximate surface area is 161 Å². The van der Waals surface area contributed by atoms with Crippen molar-refractivity contribution in [3.05, 3.63) is 58.5 Å². The number of H-pyrrole nitrogens is 1. The van der Waals surface area contributed by atoms with Crippen LogP contribution in [-0.2, 0) is 0 Å². The summed E-state index contributed by atoms with van der Waals surface area (Å²) in [4.78, 5) is 31.0. The standard InChI is InChI=1S/C20H22N6O2/c21-18(27)12-3-5-14(6-4-12)25-19-17-13(7-9-23-20(17)28)10-16(26-19)24-15-2-1-8-22-11-15/h3-7,9-10,15,22H,1-2,8,11H2,(H2,21,27)(H,23,28)(H2,24,25,26). The molecule has 4 rings (SSSR count). The Hall–Kier alpha value is -3.39. The zero-order valence-electron chi connectivity index (χ0n) is 15.3. The van der Waals surface area contributed by atoms with Crippen LogP contribution in [0, 0.1) is 0 Å². The van der Waals surface area contributed by atoms with Crippen molar-refractivity contribution in [1.82, 2.24) is 15.3 Å². The second kappa shape index (κ2) is 7.69. The van der Waals surface area contributed by atoms with Gasteiger partial charge in [-0.25, -0.2) is 4.98 Å². The maximum Gasteiger partial charge on any atom is 0.259 e. The highest BCUT2D eigenvalue weighted by Gasteiger charge is 2.15. The van der Waals surface area contributed by atoms with Crippen LogP contribution >= 0.6 is 0 Å². The summed E-state index contributed by atoms with van der Waals surface area (Å²) in [7, 11) is 0. The van der Waals surface area contributed by atoms with E-state index in [1.165, 1.54) is 0 Å². The SMILES string of the molecule is NC(=O)c1ccc(Nc2nc(NC3CCCNC3)cc3cc[nH]c(=O)c23)cc1. The van der Waals surface area contributed by atoms with E-state index in [-0.39, 0.29) is 5.56 Å². The average Bonchev–Trinajstić information content (AvgIpc) is 2.69. The van der Waals surface area contributed by atoms with E-state index in [0.717, 1.165) is 31.3 Å². The minimum Gasteiger partial charge on any atom is -0.366 e. The second-order valence-corrected chi connectivity index (χ2v) is 6.88. The number of carbonyl (C=O) groups excluding carboxylic acids is 1. The average molecular weight is 378 g/mol. The smallest absolute Gasteiger partial charge is 0.259 e. The summed E-state index contributed by atoms with van der Waals surface area (Å²) in [6, 6.07) is 10.8. The molecule has 0 bridgehead atoms. The van der Waals surface area contributed by atoms with Gasteiger partial charge in [-0.3, -0.25) is 9.59 Å². The summed E-state index contributed by atoms with van der Waals surface area (Å²) in [5.74, 6) is 0.680. The third kappa shape index (κ3) is 3.81. The summed E-state index contributed by atoms with van der Waals surface area (Å²) >= 11 is 0. The highest BCUT2D eigenvalue weighted by Crippen LogP contribution is 2.25. The third-order valence-corrected chi connectivity index (χ3v) is 4.84. The zero-order chi connectivity index (χ0) is 19.5. The summed E-state index contributed by atoms with van der Waals surface area (Å²) in [6.45, 7) is 1.92. The molecule has 8 nitrogen and oxygen atoms in total. The van der Waals surface area contributed by atoms with E-state index in [2.05, 4.69) is 25.9 Å². The van der Waals surface area contributed by atoms with Crippen molar-refractivity contribution in [3.8, 4) is 0 Å². The number of hydrogen-bond acceptors (Lipinski definition) is 6. The van der Waals surface area contributed by atoms with Crippen LogP contribution in [0.25, 0.3) is 10.8 Å². The number of pyridine rings is 2. The molecule has 6 N–H and O–H groups in total. The lowest BCUT2D eigenvalue weighted by atomic mass is 10.1. The van der Waals surface area contributed by atoms with Crippen molar-refractivity contribution in [3.63, 3.8) is 0 Å². The highest BCUT2D eigenvalue weighted by atomic mass is 16.1. The number of piperidine rings is 1. The van der Waals surface area contributed by atoms with Gasteiger partial charge in [-0.1, -0.05) is 0 Å². The molecule has 1 unspecified atom stereocenters. The molecular formula is C20H22N6O2. The van der Waals surface area contributed by atoms with Crippen molar-refractivity contribution in [1.29, 1.82) is 0 Å². The van der Waals surface area contributed by atoms with E-state index in [1.54, 1.807) is 30.5 Å². The first-order valence-corrected chi connectivity index (χ1v) is 9.27. The molecular weight excluding hydrogens is 356 g/mol. The molecule has 2 aromatic heterocycles. The molecule has 3 aromatic rings. The van der Waals surface area contributed by atoms with Crippen LogP contribution in [0.1, 0.15) is 23.2 Å². The number of fused-ring (bicyclic) bond motifs is 1. The Kier molecular flexibility index (Phi) is 4.94. The van der Waals surface area contributed by atoms with Crippen LogP contribution in [0.2, 0.25) is 0 Å². The summed E-state index contributed by atoms with van der Waals surface area (Å²) in [5.41, 5.74) is 6.20. The molecule has 1 aliphatic heterocycles. The molecule has 144 valence electrons. The van der Waals surface area contributed by atoms with Gasteiger partial charge in [0.1, 0.15) is 11.6 Å². The number of nitrogens with two attached hydrogens (primary N) is 1. The number of primary amides is 1. The van der Waals surface area contributed by atoms with E-state index < -0.39 is 5.91 Å². The molecule has 1 aromatic carbocycles. The first-order valence-electron chi connectivity index (χ1n) is 9.27. The van der Waals surface area contributed by atoms with Gasteiger partial charge in [-0.2, -0.15) is 0 Å². The number of aromatic nitrogens is 2. The first kappa shape index (κ1) is 18.0. The largest absolute Gasteiger partial charge is 0.366 e. The molecule has 0 spiro atoms. The molecule has 0 radical (unpaired) electrons. The van der Waals surface area contributed by atoms with E-state index in [9.17, 15) is 9.59 Å². The minimum absolute atomic E-state index is 0.216. The maximum atomic E-state index is 12.4. The van der Waals surface area contributed by atoms with E-state index in [1.807, 2.05) is 12.1 Å². The lowest BCUT2D eigenvalue weighted by Gasteiger charge is -2.24. The molecule has 0 aliphatic carbocycles. The normalized spacial score (nSPS) is 16.6. The quantitative estimate of drug-likeness (QED) is 0.462. The lowest BCUT2D eigenvalue weighted by Crippen LogP contribution is -2.38. The van der Waals surface area contributed by atoms with Gasteiger partial charge in [0.2, 0.25) is 5.91 Å². The molecule has 28 heavy (non-hydrogen) atoms. The summed E-state index contributed by atoms with van der Waals surface area (Å²) in [5, 5.41) is 11.3. The number of carbonyl (C=O) groups is 1. The van der Waals surface area contributed by atoms with E-state index in [0.29, 0.717) is 34.3 Å². The van der Waals surface area contributed by atoms with Crippen molar-refractivity contribution in [2.45, 2.75) is 18.9 Å². The Morgan fingerprint density at radius 2 is 2.04 bits per heavy atom. The van der Waals surface area contributed by atoms with E-state index >= 15 is 0 Å². The van der Waals surface area contributed by atoms with Gasteiger partial charge >= 0.3 is 0 Å². The number of nitrogens with one attached hydrogen (secondary N) is 4. The Bertz CT molecular complexity index is 1050. The molecule has 1 fully saturated rings. The van der Waals surface area contributed by atoms with Gasteiger partial charge in [0.05, 0.1) is 5.39 Å². The van der Waals surface area contributed by atoms with Crippen LogP contribution in [-0.4, -0.2) is 35.0 Å². The van der Waals surface area contributed by atoms with Crippen LogP contribution in [0.5, 0.6) is 0 Å². The Morgan fingerprint density at radius 3 is 2.75 bits per heavy atom. The number of hydrogen-bond donors (Lipinski definition) is 5. The van der Waals surface area contributed by atoms with Crippen molar-refractivity contribution in [2.24, 2.45) is 5.73 Å². The lowest BCUT2D eigenvalue weighted by molar-refractivity contribution is 0.100. The number of amides is 1. The van der Waals surface area contributed by atoms with Gasteiger partial charge in [-0.05, 0) is 61.2 Å². The second-order valence-electron chi connectivity index (χ2n) is 6.88. The van der Waals surface area contributed by atoms with Crippen LogP contribution in [0.3, 0.4) is 0 Å². The highest BCUT2D eigenvalue weighted by molar-refractivity contribution is 5.95. The third-order valence-electron chi connectivity index (χ3n) is 4.84. The Balaban J connectivity index is 1.70. The van der Waals surface area contributed by atoms with Gasteiger partial charge in [0.15, 0.2) is 0 Å². The number of rotatable bonds is 5. The fourth-order valence-electron chi connectivity index (χ4n) is 3.42. The first-order chi connectivity index (χ1) is 13.6. The van der Waals surface area contributed by atoms with Crippen molar-refractivity contribution < 1.29 is 4.79 Å². The fraction of sp³-hybridized carbons (Fsp3) is 0.250. The minimum atomic E-state index is -0.487. The molecule has 1 saturated heterocycles. The van der Waals surface area contributed by atoms with Crippen molar-refractivity contribution >= 4 is 34.0 Å². The topological polar surface area (TPSA) is 125 Å². The van der Waals surface area contributed by atoms with Crippen molar-refractivity contribution in [2.75, 3.05) is 23.7 Å². The zero-order valence-corrected chi connectivity index (χ0v) is 15.3. The van der Waals surface area contributed by atoms with Crippen LogP contribution in [0.15, 0.2) is 47.4 Å². The molecule has 0 saturated carbocycles. The van der Waals surface area contributed by atoms with Crippen LogP contribution < -0.4 is 27.2 Å². The monoisotopic (exact) mass is 378 g/mol. The van der Waals surface area contributed by atoms with Gasteiger partial charge < -0.3 is 26.7 Å². The molecule has 1 aliphatic rings. The summed E-state index contributed by atoms with van der Waals surface area (Å²) < 4.78 is 0. The van der Waals surface area contributed by atoms with Gasteiger partial charge in [-0.15, -0.1) is 0 Å². The molecule has 1 amide bonds. The fourth-order valence-corrected chi connectivity index (χ4v) is 3.42. The number of nitrogens with zero attached hydrogens (tertiary/aromatic N) is 1. The Morgan fingerprint density at radius 1 is 1.21 bits per heavy atom. The molecule has 8 heteroatoms. The number of aromatic amines is 1. The van der Waals surface area contributed by atoms with E-state index in [4.69, 9.17) is 5.73 Å². The van der Waals surface area contributed by atoms with Gasteiger partial charge in [0.25, 0.3) is 5.56 Å². The van der Waals surface area contributed by atoms with Crippen LogP contribution in [0.4, 0.5) is 17.3 Å². The maximum absolute atomic E-state index is 12.4. The van der Waals surface area contributed by atoms with Gasteiger partial charge in [0, 0.05) is 30.0 Å². The molecule has 1 atom stereocenters. The number of anilines is 3. The predicted molar refractivity (Wildman–Crippen MR) is 110 cm³/mol. The summed E-state index contributed by atoms with van der Waals surface area (Å²) in [6.07, 6.45) is 3.81. The number of benzene rings is 1.